The van der Waals surface area contributed by atoms with Crippen LogP contribution < -0.4 is 0 Å². The maximum absolute atomic E-state index is 11.9. The van der Waals surface area contributed by atoms with Crippen LogP contribution in [0.25, 0.3) is 0 Å². The number of likely N-dealkylation sites (N-methyl/N-ethyl adjacent to an activating group) is 1. The Balaban J connectivity index is 2.57. The molecule has 104 valence electrons. The number of carbonyl (C=O) groups is 2. The summed E-state index contributed by atoms with van der Waals surface area (Å²) in [6, 6.07) is 8.10. The van der Waals surface area contributed by atoms with Crippen molar-refractivity contribution in [1.82, 2.24) is 4.90 Å². The van der Waals surface area contributed by atoms with Gasteiger partial charge < -0.3 is 10.0 Å². The van der Waals surface area contributed by atoms with Gasteiger partial charge in [0, 0.05) is 13.6 Å². The molecule has 0 aliphatic carbocycles. The van der Waals surface area contributed by atoms with Crippen molar-refractivity contribution in [1.29, 1.82) is 0 Å². The third-order valence-electron chi connectivity index (χ3n) is 3.20. The van der Waals surface area contributed by atoms with Gasteiger partial charge in [-0.2, -0.15) is 0 Å². The van der Waals surface area contributed by atoms with Gasteiger partial charge in [0.15, 0.2) is 0 Å². The van der Waals surface area contributed by atoms with Crippen molar-refractivity contribution in [2.75, 3.05) is 13.6 Å². The Morgan fingerprint density at radius 3 is 2.58 bits per heavy atom. The van der Waals surface area contributed by atoms with Gasteiger partial charge in [0.05, 0.1) is 0 Å². The van der Waals surface area contributed by atoms with Crippen LogP contribution in [0.4, 0.5) is 0 Å². The Labute approximate surface area is 114 Å². The molecule has 0 aliphatic heterocycles. The summed E-state index contributed by atoms with van der Waals surface area (Å²) >= 11 is 0. The number of carboxylic acids is 1. The van der Waals surface area contributed by atoms with Crippen molar-refractivity contribution in [3.8, 4) is 0 Å². The molecule has 1 aromatic rings. The molecule has 1 rings (SSSR count). The molecule has 0 fully saturated rings. The highest BCUT2D eigenvalue weighted by molar-refractivity contribution is 5.96. The minimum absolute atomic E-state index is 0.317. The van der Waals surface area contributed by atoms with Crippen molar-refractivity contribution >= 4 is 11.9 Å². The first-order valence-corrected chi connectivity index (χ1v) is 6.49. The molecule has 1 aromatic carbocycles. The summed E-state index contributed by atoms with van der Waals surface area (Å²) in [5.74, 6) is -2.29. The van der Waals surface area contributed by atoms with E-state index in [-0.39, 0.29) is 5.91 Å². The summed E-state index contributed by atoms with van der Waals surface area (Å²) in [6.07, 6.45) is 1.06. The highest BCUT2D eigenvalue weighted by atomic mass is 16.4. The van der Waals surface area contributed by atoms with Gasteiger partial charge in [-0.3, -0.25) is 9.59 Å². The van der Waals surface area contributed by atoms with Crippen LogP contribution >= 0.6 is 0 Å². The molecule has 0 aliphatic rings. The summed E-state index contributed by atoms with van der Waals surface area (Å²) in [6.45, 7) is 4.27. The van der Waals surface area contributed by atoms with Gasteiger partial charge in [-0.05, 0) is 25.3 Å². The van der Waals surface area contributed by atoms with Crippen LogP contribution in [-0.2, 0) is 16.0 Å². The van der Waals surface area contributed by atoms with E-state index in [2.05, 4.69) is 6.07 Å². The molecule has 0 spiro atoms. The van der Waals surface area contributed by atoms with Crippen molar-refractivity contribution in [3.63, 3.8) is 0 Å². The minimum Gasteiger partial charge on any atom is -0.481 e. The molecular formula is C15H21NO3. The number of aryl methyl sites for hydroxylation is 1. The quantitative estimate of drug-likeness (QED) is 0.800. The van der Waals surface area contributed by atoms with E-state index in [9.17, 15) is 9.59 Å². The number of carbonyl (C=O) groups excluding carboxylic acids is 1. The lowest BCUT2D eigenvalue weighted by Crippen LogP contribution is -2.37. The fourth-order valence-corrected chi connectivity index (χ4v) is 2.00. The zero-order chi connectivity index (χ0) is 14.4. The Kier molecular flexibility index (Phi) is 5.55. The molecule has 1 N–H and O–H groups in total. The lowest BCUT2D eigenvalue weighted by molar-refractivity contribution is -0.150. The first kappa shape index (κ1) is 15.2. The number of carboxylic acid groups (broad SMARTS) is 1. The Bertz CT molecular complexity index is 456. The number of hydrogen-bond acceptors (Lipinski definition) is 2. The molecule has 1 atom stereocenters. The van der Waals surface area contributed by atoms with Crippen LogP contribution in [0.15, 0.2) is 24.3 Å². The number of amides is 1. The second-order valence-corrected chi connectivity index (χ2v) is 4.80. The first-order chi connectivity index (χ1) is 8.95. The maximum atomic E-state index is 11.9. The zero-order valence-electron chi connectivity index (χ0n) is 11.7. The molecule has 0 heterocycles. The number of rotatable bonds is 6. The third kappa shape index (κ3) is 4.39. The molecule has 19 heavy (non-hydrogen) atoms. The highest BCUT2D eigenvalue weighted by Crippen LogP contribution is 2.09. The van der Waals surface area contributed by atoms with E-state index in [0.29, 0.717) is 13.0 Å². The van der Waals surface area contributed by atoms with E-state index in [0.717, 1.165) is 12.0 Å². The van der Waals surface area contributed by atoms with Crippen molar-refractivity contribution < 1.29 is 14.7 Å². The molecule has 0 saturated carbocycles. The number of aliphatic carboxylic acids is 1. The molecule has 0 saturated heterocycles. The van der Waals surface area contributed by atoms with E-state index in [4.69, 9.17) is 5.11 Å². The predicted molar refractivity (Wildman–Crippen MR) is 73.9 cm³/mol. The predicted octanol–water partition coefficient (Wildman–Crippen LogP) is 2.11. The Hall–Kier alpha value is -1.84. The average Bonchev–Trinajstić information content (AvgIpc) is 2.36. The summed E-state index contributed by atoms with van der Waals surface area (Å²) in [5, 5.41) is 8.97. The second kappa shape index (κ2) is 6.92. The molecule has 4 heteroatoms. The summed E-state index contributed by atoms with van der Waals surface area (Å²) in [5.41, 5.74) is 2.34. The Morgan fingerprint density at radius 1 is 1.37 bits per heavy atom. The van der Waals surface area contributed by atoms with Gasteiger partial charge in [0.2, 0.25) is 5.91 Å². The largest absolute Gasteiger partial charge is 0.481 e. The first-order valence-electron chi connectivity index (χ1n) is 6.49. The normalized spacial score (nSPS) is 11.9. The molecule has 0 radical (unpaired) electrons. The number of nitrogens with zero attached hydrogens (tertiary/aromatic N) is 1. The summed E-state index contributed by atoms with van der Waals surface area (Å²) in [7, 11) is 1.66. The monoisotopic (exact) mass is 263 g/mol. The van der Waals surface area contributed by atoms with Gasteiger partial charge in [-0.1, -0.05) is 36.8 Å². The van der Waals surface area contributed by atoms with Gasteiger partial charge in [-0.25, -0.2) is 0 Å². The number of benzene rings is 1. The van der Waals surface area contributed by atoms with Crippen LogP contribution in [0.1, 0.15) is 24.5 Å². The van der Waals surface area contributed by atoms with Crippen LogP contribution in [0.3, 0.4) is 0 Å². The van der Waals surface area contributed by atoms with Crippen LogP contribution in [0, 0.1) is 12.8 Å². The van der Waals surface area contributed by atoms with Crippen LogP contribution in [0.5, 0.6) is 0 Å². The summed E-state index contributed by atoms with van der Waals surface area (Å²) < 4.78 is 0. The highest BCUT2D eigenvalue weighted by Gasteiger charge is 2.26. The molecule has 0 aromatic heterocycles. The molecular weight excluding hydrogens is 242 g/mol. The fraction of sp³-hybridized carbons (Fsp3) is 0.467. The van der Waals surface area contributed by atoms with Crippen molar-refractivity contribution in [3.05, 3.63) is 35.4 Å². The van der Waals surface area contributed by atoms with Crippen molar-refractivity contribution in [2.24, 2.45) is 5.92 Å². The van der Waals surface area contributed by atoms with Gasteiger partial charge in [-0.15, -0.1) is 0 Å². The smallest absolute Gasteiger partial charge is 0.316 e. The van der Waals surface area contributed by atoms with Gasteiger partial charge in [0.25, 0.3) is 0 Å². The SMILES string of the molecule is CCC(C(=O)O)C(=O)N(C)CCc1cccc(C)c1. The maximum Gasteiger partial charge on any atom is 0.316 e. The van der Waals surface area contributed by atoms with Gasteiger partial charge >= 0.3 is 5.97 Å². The Morgan fingerprint density at radius 2 is 2.05 bits per heavy atom. The van der Waals surface area contributed by atoms with Crippen LogP contribution in [-0.4, -0.2) is 35.5 Å². The zero-order valence-corrected chi connectivity index (χ0v) is 11.7. The molecule has 4 nitrogen and oxygen atoms in total. The van der Waals surface area contributed by atoms with Gasteiger partial charge in [0.1, 0.15) is 5.92 Å². The summed E-state index contributed by atoms with van der Waals surface area (Å²) in [4.78, 5) is 24.4. The van der Waals surface area contributed by atoms with E-state index >= 15 is 0 Å². The average molecular weight is 263 g/mol. The van der Waals surface area contributed by atoms with Crippen molar-refractivity contribution in [2.45, 2.75) is 26.7 Å². The second-order valence-electron chi connectivity index (χ2n) is 4.80. The lowest BCUT2D eigenvalue weighted by atomic mass is 10.0. The van der Waals surface area contributed by atoms with E-state index in [1.165, 1.54) is 10.5 Å². The number of hydrogen-bond donors (Lipinski definition) is 1. The van der Waals surface area contributed by atoms with E-state index < -0.39 is 11.9 Å². The fourth-order valence-electron chi connectivity index (χ4n) is 2.00. The third-order valence-corrected chi connectivity index (χ3v) is 3.20. The topological polar surface area (TPSA) is 57.6 Å². The molecule has 1 amide bonds. The van der Waals surface area contributed by atoms with Crippen LogP contribution in [0.2, 0.25) is 0 Å². The minimum atomic E-state index is -1.05. The lowest BCUT2D eigenvalue weighted by Gasteiger charge is -2.20. The van der Waals surface area contributed by atoms with E-state index in [1.54, 1.807) is 14.0 Å². The van der Waals surface area contributed by atoms with E-state index in [1.807, 2.05) is 25.1 Å². The standard InChI is InChI=1S/C15H21NO3/c1-4-13(15(18)19)14(17)16(3)9-8-12-7-5-6-11(2)10-12/h5-7,10,13H,4,8-9H2,1-3H3,(H,18,19). The molecule has 0 bridgehead atoms. The molecule has 1 unspecified atom stereocenters.